The van der Waals surface area contributed by atoms with E-state index in [1.807, 2.05) is 36.4 Å². The van der Waals surface area contributed by atoms with Crippen LogP contribution in [0.4, 0.5) is 0 Å². The summed E-state index contributed by atoms with van der Waals surface area (Å²) in [5, 5.41) is 6.88. The molecule has 0 aliphatic carbocycles. The molecule has 0 amide bonds. The first-order valence-corrected chi connectivity index (χ1v) is 21.2. The normalized spacial score (nSPS) is 11.8. The third-order valence-electron chi connectivity index (χ3n) is 12.3. The minimum absolute atomic E-state index is 0.533. The van der Waals surface area contributed by atoms with Gasteiger partial charge in [0.2, 0.25) is 0 Å². The van der Waals surface area contributed by atoms with Crippen LogP contribution < -0.4 is 0 Å². The van der Waals surface area contributed by atoms with Crippen molar-refractivity contribution >= 4 is 65.4 Å². The van der Waals surface area contributed by atoms with E-state index in [9.17, 15) is 0 Å². The third kappa shape index (κ3) is 5.40. The van der Waals surface area contributed by atoms with Crippen LogP contribution in [0.1, 0.15) is 0 Å². The highest BCUT2D eigenvalue weighted by molar-refractivity contribution is 6.13. The first-order valence-electron chi connectivity index (χ1n) is 21.2. The van der Waals surface area contributed by atoms with Gasteiger partial charge in [-0.1, -0.05) is 170 Å². The summed E-state index contributed by atoms with van der Waals surface area (Å²) in [5.74, 6) is 3.19. The fourth-order valence-corrected chi connectivity index (χ4v) is 9.59. The molecule has 0 atom stereocenters. The van der Waals surface area contributed by atoms with E-state index in [4.69, 9.17) is 19.9 Å². The van der Waals surface area contributed by atoms with Crippen LogP contribution in [0.15, 0.2) is 212 Å². The van der Waals surface area contributed by atoms with Crippen molar-refractivity contribution < 1.29 is 0 Å². The van der Waals surface area contributed by atoms with E-state index in [0.29, 0.717) is 17.5 Å². The summed E-state index contributed by atoms with van der Waals surface area (Å²) in [4.78, 5) is 21.9. The maximum Gasteiger partial charge on any atom is 0.166 e. The lowest BCUT2D eigenvalue weighted by Gasteiger charge is -2.21. The Kier molecular flexibility index (Phi) is 7.77. The van der Waals surface area contributed by atoms with Gasteiger partial charge in [-0.15, -0.1) is 0 Å². The van der Waals surface area contributed by atoms with Crippen LogP contribution in [0.5, 0.6) is 0 Å². The van der Waals surface area contributed by atoms with E-state index >= 15 is 0 Å². The molecule has 13 rings (SSSR count). The van der Waals surface area contributed by atoms with Gasteiger partial charge in [0.1, 0.15) is 11.5 Å². The summed E-state index contributed by atoms with van der Waals surface area (Å²) in [6.45, 7) is 0. The summed E-state index contributed by atoms with van der Waals surface area (Å²) in [5.41, 5.74) is 9.76. The summed E-state index contributed by atoms with van der Waals surface area (Å²) < 4.78 is 7.00. The lowest BCUT2D eigenvalue weighted by atomic mass is 10.1. The lowest BCUT2D eigenvalue weighted by molar-refractivity contribution is 0.976. The van der Waals surface area contributed by atoms with E-state index in [0.717, 1.165) is 99.4 Å². The molecular weight excluding hydrogens is 771 g/mol. The summed E-state index contributed by atoms with van der Waals surface area (Å²) >= 11 is 0. The second kappa shape index (κ2) is 13.9. The molecule has 0 saturated carbocycles. The van der Waals surface area contributed by atoms with Crippen LogP contribution in [0.3, 0.4) is 0 Å². The Balaban J connectivity index is 1.27. The average molecular weight is 806 g/mol. The molecule has 0 saturated heterocycles. The van der Waals surface area contributed by atoms with Gasteiger partial charge in [-0.05, 0) is 42.5 Å². The molecule has 13 aromatic rings. The summed E-state index contributed by atoms with van der Waals surface area (Å²) in [7, 11) is 0. The number of hydrogen-bond donors (Lipinski definition) is 0. The van der Waals surface area contributed by atoms with Gasteiger partial charge >= 0.3 is 0 Å². The predicted octanol–water partition coefficient (Wildman–Crippen LogP) is 13.6. The lowest BCUT2D eigenvalue weighted by Crippen LogP contribution is -2.12. The molecule has 7 nitrogen and oxygen atoms in total. The average Bonchev–Trinajstić information content (AvgIpc) is 4.00. The molecular formula is C56H35N7. The van der Waals surface area contributed by atoms with E-state index < -0.39 is 0 Å². The third-order valence-corrected chi connectivity index (χ3v) is 12.3. The van der Waals surface area contributed by atoms with Gasteiger partial charge in [-0.3, -0.25) is 9.13 Å². The number of aromatic nitrogens is 7. The van der Waals surface area contributed by atoms with E-state index in [2.05, 4.69) is 190 Å². The molecule has 0 N–H and O–H groups in total. The van der Waals surface area contributed by atoms with Crippen LogP contribution in [-0.4, -0.2) is 33.6 Å². The Labute approximate surface area is 361 Å². The zero-order valence-corrected chi connectivity index (χ0v) is 33.8. The SMILES string of the molecule is c1ccc(-c2nc(-c3ccccc3)nc(-c3cc(-n4c5ccccc5c5ccccc54)nc(-n4c5ccccc5c5ccccc54)c3-n3c4ccccc4c4ccccc43)n2)cc1. The molecule has 7 heteroatoms. The second-order valence-corrected chi connectivity index (χ2v) is 15.8. The van der Waals surface area contributed by atoms with Crippen molar-refractivity contribution in [3.05, 3.63) is 212 Å². The highest BCUT2D eigenvalue weighted by atomic mass is 15.2. The number of fused-ring (bicyclic) bond motifs is 9. The van der Waals surface area contributed by atoms with Gasteiger partial charge in [-0.25, -0.2) is 19.9 Å². The van der Waals surface area contributed by atoms with Crippen molar-refractivity contribution in [2.24, 2.45) is 0 Å². The number of benzene rings is 8. The molecule has 0 radical (unpaired) electrons. The Morgan fingerprint density at radius 3 is 0.984 bits per heavy atom. The molecule has 0 spiro atoms. The maximum absolute atomic E-state index is 5.91. The van der Waals surface area contributed by atoms with Gasteiger partial charge in [-0.2, -0.15) is 0 Å². The molecule has 0 aliphatic heterocycles. The zero-order valence-electron chi connectivity index (χ0n) is 33.8. The summed E-state index contributed by atoms with van der Waals surface area (Å²) in [6, 6.07) is 74.2. The Bertz CT molecular complexity index is 3700. The number of para-hydroxylation sites is 6. The molecule has 8 aromatic carbocycles. The topological polar surface area (TPSA) is 66.3 Å². The molecule has 0 unspecified atom stereocenters. The molecule has 0 aliphatic rings. The number of hydrogen-bond acceptors (Lipinski definition) is 4. The Morgan fingerprint density at radius 2 is 0.587 bits per heavy atom. The molecule has 0 bridgehead atoms. The van der Waals surface area contributed by atoms with Crippen LogP contribution in [0, 0.1) is 0 Å². The van der Waals surface area contributed by atoms with Crippen molar-refractivity contribution in [2.45, 2.75) is 0 Å². The molecule has 63 heavy (non-hydrogen) atoms. The molecule has 0 fully saturated rings. The monoisotopic (exact) mass is 805 g/mol. The van der Waals surface area contributed by atoms with Crippen molar-refractivity contribution in [1.29, 1.82) is 0 Å². The van der Waals surface area contributed by atoms with Crippen molar-refractivity contribution in [3.63, 3.8) is 0 Å². The van der Waals surface area contributed by atoms with Gasteiger partial charge < -0.3 is 4.57 Å². The fraction of sp³-hybridized carbons (Fsp3) is 0. The van der Waals surface area contributed by atoms with Gasteiger partial charge in [0.25, 0.3) is 0 Å². The molecule has 5 aromatic heterocycles. The number of pyridine rings is 1. The molecule has 5 heterocycles. The smallest absolute Gasteiger partial charge is 0.166 e. The zero-order chi connectivity index (χ0) is 41.4. The van der Waals surface area contributed by atoms with E-state index in [1.165, 1.54) is 0 Å². The van der Waals surface area contributed by atoms with Crippen molar-refractivity contribution in [1.82, 2.24) is 33.6 Å². The highest BCUT2D eigenvalue weighted by Crippen LogP contribution is 2.43. The van der Waals surface area contributed by atoms with E-state index in [1.54, 1.807) is 0 Å². The van der Waals surface area contributed by atoms with Crippen molar-refractivity contribution in [3.8, 4) is 51.5 Å². The second-order valence-electron chi connectivity index (χ2n) is 15.8. The largest absolute Gasteiger partial charge is 0.305 e. The fourth-order valence-electron chi connectivity index (χ4n) is 9.59. The van der Waals surface area contributed by atoms with Gasteiger partial charge in [0.15, 0.2) is 23.3 Å². The number of nitrogens with zero attached hydrogens (tertiary/aromatic N) is 7. The quantitative estimate of drug-likeness (QED) is 0.168. The Morgan fingerprint density at radius 1 is 0.270 bits per heavy atom. The Hall–Kier alpha value is -8.68. The first-order chi connectivity index (χ1) is 31.3. The standard InChI is InChI=1S/C56H35N7/c1-3-19-36(20-4-1)53-58-54(37-21-5-2-6-22-37)60-55(59-53)44-35-51(61-45-29-13-7-23-38(45)39-24-8-14-30-46(39)61)57-56(63-49-33-17-11-27-42(49)43-28-12-18-34-50(43)63)52(44)62-47-31-15-9-25-40(47)41-26-10-16-32-48(41)62/h1-35H. The van der Waals surface area contributed by atoms with Gasteiger partial charge in [0, 0.05) is 43.4 Å². The van der Waals surface area contributed by atoms with Crippen LogP contribution in [-0.2, 0) is 0 Å². The number of rotatable bonds is 6. The van der Waals surface area contributed by atoms with Crippen molar-refractivity contribution in [2.75, 3.05) is 0 Å². The molecule has 294 valence electrons. The van der Waals surface area contributed by atoms with Crippen LogP contribution in [0.25, 0.3) is 117 Å². The van der Waals surface area contributed by atoms with Crippen LogP contribution in [0.2, 0.25) is 0 Å². The minimum atomic E-state index is 0.533. The highest BCUT2D eigenvalue weighted by Gasteiger charge is 2.28. The van der Waals surface area contributed by atoms with E-state index in [-0.39, 0.29) is 0 Å². The predicted molar refractivity (Wildman–Crippen MR) is 257 cm³/mol. The summed E-state index contributed by atoms with van der Waals surface area (Å²) in [6.07, 6.45) is 0. The minimum Gasteiger partial charge on any atom is -0.305 e. The van der Waals surface area contributed by atoms with Crippen LogP contribution >= 0.6 is 0 Å². The van der Waals surface area contributed by atoms with Gasteiger partial charge in [0.05, 0.1) is 38.7 Å². The first kappa shape index (κ1) is 35.1. The maximum atomic E-state index is 5.91.